The second-order valence-corrected chi connectivity index (χ2v) is 8.13. The number of nitrogens with zero attached hydrogens (tertiary/aromatic N) is 4. The van der Waals surface area contributed by atoms with Crippen molar-refractivity contribution in [3.05, 3.63) is 40.6 Å². The Hall–Kier alpha value is -2.68. The predicted molar refractivity (Wildman–Crippen MR) is 111 cm³/mol. The van der Waals surface area contributed by atoms with Gasteiger partial charge in [0.2, 0.25) is 0 Å². The summed E-state index contributed by atoms with van der Waals surface area (Å²) in [7, 11) is 0. The van der Waals surface area contributed by atoms with Gasteiger partial charge < -0.3 is 10.2 Å². The minimum absolute atomic E-state index is 0.00673. The third-order valence-corrected chi connectivity index (χ3v) is 5.27. The summed E-state index contributed by atoms with van der Waals surface area (Å²) in [4.78, 5) is 38.1. The van der Waals surface area contributed by atoms with Gasteiger partial charge in [0.15, 0.2) is 5.82 Å². The molecule has 3 amide bonds. The van der Waals surface area contributed by atoms with Crippen molar-refractivity contribution in [3.8, 4) is 0 Å². The van der Waals surface area contributed by atoms with Gasteiger partial charge in [-0.15, -0.1) is 0 Å². The van der Waals surface area contributed by atoms with Crippen LogP contribution in [0.2, 0.25) is 0 Å². The lowest BCUT2D eigenvalue weighted by Crippen LogP contribution is -2.48. The van der Waals surface area contributed by atoms with Crippen molar-refractivity contribution in [2.75, 3.05) is 28.2 Å². The SMILES string of the molecule is CC(C)NC(=O)c1ccc2c(n1)N(C(=O)Nc1cc(Br)ccn1)[C@H]1CCN2C1. The van der Waals surface area contributed by atoms with Crippen molar-refractivity contribution in [2.45, 2.75) is 32.4 Å². The molecule has 1 fully saturated rings. The van der Waals surface area contributed by atoms with Crippen LogP contribution in [-0.2, 0) is 0 Å². The van der Waals surface area contributed by atoms with Crippen LogP contribution < -0.4 is 20.4 Å². The molecular weight excluding hydrogens is 424 g/mol. The zero-order chi connectivity index (χ0) is 19.8. The Labute approximate surface area is 171 Å². The lowest BCUT2D eigenvalue weighted by molar-refractivity contribution is 0.0938. The van der Waals surface area contributed by atoms with Gasteiger partial charge in [-0.3, -0.25) is 15.0 Å². The maximum absolute atomic E-state index is 13.1. The lowest BCUT2D eigenvalue weighted by atomic mass is 10.1. The quantitative estimate of drug-likeness (QED) is 0.758. The van der Waals surface area contributed by atoms with E-state index in [1.165, 1.54) is 0 Å². The molecule has 2 aliphatic heterocycles. The lowest BCUT2D eigenvalue weighted by Gasteiger charge is -2.35. The molecule has 2 N–H and O–H groups in total. The van der Waals surface area contributed by atoms with Crippen molar-refractivity contribution in [2.24, 2.45) is 0 Å². The molecule has 28 heavy (non-hydrogen) atoms. The highest BCUT2D eigenvalue weighted by atomic mass is 79.9. The highest BCUT2D eigenvalue weighted by Crippen LogP contribution is 2.39. The van der Waals surface area contributed by atoms with Gasteiger partial charge in [-0.05, 0) is 44.5 Å². The fourth-order valence-corrected chi connectivity index (χ4v) is 3.91. The largest absolute Gasteiger partial charge is 0.366 e. The molecule has 0 saturated carbocycles. The number of carbonyl (C=O) groups is 2. The number of pyridine rings is 2. The average molecular weight is 445 g/mol. The normalized spacial score (nSPS) is 17.5. The second kappa shape index (κ2) is 7.38. The molecule has 146 valence electrons. The summed E-state index contributed by atoms with van der Waals surface area (Å²) in [5.41, 5.74) is 1.17. The molecule has 1 atom stereocenters. The summed E-state index contributed by atoms with van der Waals surface area (Å²) in [5.74, 6) is 0.715. The standard InChI is InChI=1S/C19H21BrN6O2/c1-11(2)22-18(27)14-3-4-15-17(23-14)26(13-6-8-25(15)10-13)19(28)24-16-9-12(20)5-7-21-16/h3-5,7,9,11,13H,6,8,10H2,1-2H3,(H,22,27)(H,21,24,28)/t13-/m0/s1. The number of hydrogen-bond donors (Lipinski definition) is 2. The third kappa shape index (κ3) is 3.54. The Balaban J connectivity index is 1.67. The molecule has 0 spiro atoms. The number of urea groups is 1. The van der Waals surface area contributed by atoms with Crippen LogP contribution in [0.25, 0.3) is 0 Å². The summed E-state index contributed by atoms with van der Waals surface area (Å²) >= 11 is 3.38. The zero-order valence-corrected chi connectivity index (χ0v) is 17.2. The number of anilines is 3. The maximum Gasteiger partial charge on any atom is 0.329 e. The van der Waals surface area contributed by atoms with Crippen LogP contribution in [0.15, 0.2) is 34.9 Å². The fraction of sp³-hybridized carbons (Fsp3) is 0.368. The summed E-state index contributed by atoms with van der Waals surface area (Å²) in [5, 5.41) is 5.69. The first-order valence-corrected chi connectivity index (χ1v) is 10.0. The van der Waals surface area contributed by atoms with Crippen molar-refractivity contribution in [1.29, 1.82) is 0 Å². The molecular formula is C19H21BrN6O2. The first-order valence-electron chi connectivity index (χ1n) is 9.21. The number of carbonyl (C=O) groups excluding carboxylic acids is 2. The summed E-state index contributed by atoms with van der Waals surface area (Å²) in [6.45, 7) is 5.40. The van der Waals surface area contributed by atoms with Crippen molar-refractivity contribution < 1.29 is 9.59 Å². The molecule has 0 unspecified atom stereocenters. The monoisotopic (exact) mass is 444 g/mol. The molecule has 9 heteroatoms. The third-order valence-electron chi connectivity index (χ3n) is 4.78. The van der Waals surface area contributed by atoms with Gasteiger partial charge in [-0.1, -0.05) is 15.9 Å². The van der Waals surface area contributed by atoms with Crippen molar-refractivity contribution >= 4 is 45.2 Å². The van der Waals surface area contributed by atoms with Crippen LogP contribution in [0.1, 0.15) is 30.8 Å². The number of rotatable bonds is 3. The van der Waals surface area contributed by atoms with E-state index in [-0.39, 0.29) is 24.0 Å². The molecule has 1 saturated heterocycles. The summed E-state index contributed by atoms with van der Waals surface area (Å²) < 4.78 is 0.828. The smallest absolute Gasteiger partial charge is 0.329 e. The average Bonchev–Trinajstić information content (AvgIpc) is 3.05. The van der Waals surface area contributed by atoms with Crippen LogP contribution in [0.3, 0.4) is 0 Å². The summed E-state index contributed by atoms with van der Waals surface area (Å²) in [6, 6.07) is 6.83. The Kier molecular flexibility index (Phi) is 4.92. The second-order valence-electron chi connectivity index (χ2n) is 7.22. The van der Waals surface area contributed by atoms with Crippen molar-refractivity contribution in [1.82, 2.24) is 15.3 Å². The topological polar surface area (TPSA) is 90.5 Å². The van der Waals surface area contributed by atoms with Gasteiger partial charge >= 0.3 is 6.03 Å². The van der Waals surface area contributed by atoms with Crippen LogP contribution in [0, 0.1) is 0 Å². The predicted octanol–water partition coefficient (Wildman–Crippen LogP) is 3.01. The highest BCUT2D eigenvalue weighted by Gasteiger charge is 2.40. The molecule has 2 aromatic heterocycles. The summed E-state index contributed by atoms with van der Waals surface area (Å²) in [6.07, 6.45) is 2.47. The molecule has 8 nitrogen and oxygen atoms in total. The van der Waals surface area contributed by atoms with Crippen LogP contribution in [-0.4, -0.2) is 47.1 Å². The van der Waals surface area contributed by atoms with E-state index in [9.17, 15) is 9.59 Å². The number of fused-ring (bicyclic) bond motifs is 4. The molecule has 0 radical (unpaired) electrons. The number of hydrogen-bond acceptors (Lipinski definition) is 5. The number of halogens is 1. The molecule has 4 heterocycles. The zero-order valence-electron chi connectivity index (χ0n) is 15.6. The highest BCUT2D eigenvalue weighted by molar-refractivity contribution is 9.10. The van der Waals surface area contributed by atoms with E-state index in [0.29, 0.717) is 17.3 Å². The van der Waals surface area contributed by atoms with Crippen LogP contribution in [0.5, 0.6) is 0 Å². The maximum atomic E-state index is 13.1. The van der Waals surface area contributed by atoms with Gasteiger partial charge in [0.25, 0.3) is 5.91 Å². The molecule has 2 bridgehead atoms. The first-order chi connectivity index (χ1) is 13.4. The van der Waals surface area contributed by atoms with E-state index in [1.807, 2.05) is 19.9 Å². The van der Waals surface area contributed by atoms with Crippen LogP contribution >= 0.6 is 15.9 Å². The minimum atomic E-state index is -0.299. The minimum Gasteiger partial charge on any atom is -0.366 e. The van der Waals surface area contributed by atoms with Gasteiger partial charge in [-0.2, -0.15) is 0 Å². The number of aromatic nitrogens is 2. The fourth-order valence-electron chi connectivity index (χ4n) is 3.58. The van der Waals surface area contributed by atoms with Crippen LogP contribution in [0.4, 0.5) is 22.1 Å². The van der Waals surface area contributed by atoms with E-state index in [2.05, 4.69) is 41.4 Å². The Morgan fingerprint density at radius 2 is 2.11 bits per heavy atom. The Bertz CT molecular complexity index is 934. The first kappa shape index (κ1) is 18.7. The van der Waals surface area contributed by atoms with Gasteiger partial charge in [0.05, 0.1) is 11.7 Å². The van der Waals surface area contributed by atoms with Crippen molar-refractivity contribution in [3.63, 3.8) is 0 Å². The number of nitrogens with one attached hydrogen (secondary N) is 2. The molecule has 0 aromatic carbocycles. The van der Waals surface area contributed by atoms with E-state index >= 15 is 0 Å². The Morgan fingerprint density at radius 1 is 1.29 bits per heavy atom. The van der Waals surface area contributed by atoms with Gasteiger partial charge in [0.1, 0.15) is 11.5 Å². The Morgan fingerprint density at radius 3 is 2.86 bits per heavy atom. The molecule has 4 rings (SSSR count). The van der Waals surface area contributed by atoms with E-state index in [0.717, 1.165) is 29.7 Å². The molecule has 0 aliphatic carbocycles. The van der Waals surface area contributed by atoms with Gasteiger partial charge in [-0.25, -0.2) is 14.8 Å². The van der Waals surface area contributed by atoms with E-state index < -0.39 is 0 Å². The van der Waals surface area contributed by atoms with Gasteiger partial charge in [0, 0.05) is 29.8 Å². The van der Waals surface area contributed by atoms with E-state index in [1.54, 1.807) is 29.3 Å². The molecule has 2 aromatic rings. The number of amides is 3. The van der Waals surface area contributed by atoms with E-state index in [4.69, 9.17) is 0 Å². The molecule has 2 aliphatic rings.